The van der Waals surface area contributed by atoms with Crippen LogP contribution in [0.3, 0.4) is 0 Å². The second kappa shape index (κ2) is 5.68. The molecule has 1 atom stereocenters. The summed E-state index contributed by atoms with van der Waals surface area (Å²) in [4.78, 5) is 19.4. The van der Waals surface area contributed by atoms with Gasteiger partial charge < -0.3 is 19.3 Å². The highest BCUT2D eigenvalue weighted by Gasteiger charge is 2.52. The predicted molar refractivity (Wildman–Crippen MR) is 89.9 cm³/mol. The Morgan fingerprint density at radius 3 is 2.83 bits per heavy atom. The van der Waals surface area contributed by atoms with Gasteiger partial charge in [-0.3, -0.25) is 4.79 Å². The Bertz CT molecular complexity index is 734. The molecule has 7 heteroatoms. The lowest BCUT2D eigenvalue weighted by atomic mass is 9.83. The van der Waals surface area contributed by atoms with Crippen LogP contribution in [-0.4, -0.2) is 50.8 Å². The van der Waals surface area contributed by atoms with Gasteiger partial charge in [-0.25, -0.2) is 4.98 Å². The minimum Gasteiger partial charge on any atom is -0.379 e. The molecule has 4 rings (SSSR count). The molecule has 6 nitrogen and oxygen atoms in total. The highest BCUT2D eigenvalue weighted by atomic mass is 32.1. The van der Waals surface area contributed by atoms with Crippen molar-refractivity contribution in [1.82, 2.24) is 14.5 Å². The number of imidazole rings is 1. The molecule has 0 aromatic carbocycles. The van der Waals surface area contributed by atoms with Crippen LogP contribution in [0.4, 0.5) is 0 Å². The summed E-state index contributed by atoms with van der Waals surface area (Å²) in [5, 5.41) is 12.9. The van der Waals surface area contributed by atoms with Gasteiger partial charge in [-0.1, -0.05) is 6.07 Å². The third kappa shape index (κ3) is 2.56. The standard InChI is InChI=1S/C17H21N3O3S/c1-19-9-6-18-15(19)17(22)11-16(23-12-17)4-7-20(8-5-16)14(21)13-3-2-10-24-13/h2-3,6,9-10,22H,4-5,7-8,11-12H2,1H3. The summed E-state index contributed by atoms with van der Waals surface area (Å²) in [6, 6.07) is 3.76. The molecule has 1 spiro atoms. The van der Waals surface area contributed by atoms with Gasteiger partial charge in [0.2, 0.25) is 0 Å². The number of nitrogens with zero attached hydrogens (tertiary/aromatic N) is 3. The normalized spacial score (nSPS) is 26.2. The molecule has 0 saturated carbocycles. The van der Waals surface area contributed by atoms with Gasteiger partial charge in [0.25, 0.3) is 5.91 Å². The highest BCUT2D eigenvalue weighted by Crippen LogP contribution is 2.44. The van der Waals surface area contributed by atoms with Gasteiger partial charge in [-0.05, 0) is 24.3 Å². The number of aliphatic hydroxyl groups is 1. The average Bonchev–Trinajstić information content (AvgIpc) is 3.29. The van der Waals surface area contributed by atoms with Crippen molar-refractivity contribution in [1.29, 1.82) is 0 Å². The molecule has 1 unspecified atom stereocenters. The Balaban J connectivity index is 1.44. The summed E-state index contributed by atoms with van der Waals surface area (Å²) >= 11 is 1.47. The van der Waals surface area contributed by atoms with Crippen molar-refractivity contribution in [3.63, 3.8) is 0 Å². The van der Waals surface area contributed by atoms with Crippen LogP contribution < -0.4 is 0 Å². The molecular formula is C17H21N3O3S. The molecule has 2 aromatic heterocycles. The van der Waals surface area contributed by atoms with Crippen LogP contribution in [-0.2, 0) is 17.4 Å². The molecule has 0 radical (unpaired) electrons. The second-order valence-corrected chi connectivity index (χ2v) is 7.76. The summed E-state index contributed by atoms with van der Waals surface area (Å²) in [5.74, 6) is 0.744. The fourth-order valence-electron chi connectivity index (χ4n) is 3.86. The van der Waals surface area contributed by atoms with Crippen LogP contribution in [0.1, 0.15) is 34.8 Å². The zero-order chi connectivity index (χ0) is 16.8. The smallest absolute Gasteiger partial charge is 0.263 e. The number of thiophene rings is 1. The van der Waals surface area contributed by atoms with E-state index in [1.54, 1.807) is 6.20 Å². The van der Waals surface area contributed by atoms with Crippen LogP contribution in [0, 0.1) is 0 Å². The van der Waals surface area contributed by atoms with E-state index in [4.69, 9.17) is 4.74 Å². The molecule has 2 aliphatic rings. The minimum absolute atomic E-state index is 0.0946. The van der Waals surface area contributed by atoms with Gasteiger partial charge >= 0.3 is 0 Å². The number of rotatable bonds is 2. The number of aromatic nitrogens is 2. The number of likely N-dealkylation sites (tertiary alicyclic amines) is 1. The van der Waals surface area contributed by atoms with Gasteiger partial charge in [-0.2, -0.15) is 0 Å². The molecule has 128 valence electrons. The van der Waals surface area contributed by atoms with Gasteiger partial charge in [0.1, 0.15) is 11.4 Å². The van der Waals surface area contributed by atoms with Crippen LogP contribution in [0.5, 0.6) is 0 Å². The number of carbonyl (C=O) groups excluding carboxylic acids is 1. The molecule has 1 amide bonds. The quantitative estimate of drug-likeness (QED) is 0.899. The molecule has 1 N–H and O–H groups in total. The van der Waals surface area contributed by atoms with Crippen molar-refractivity contribution >= 4 is 17.2 Å². The predicted octanol–water partition coefficient (Wildman–Crippen LogP) is 1.76. The third-order valence-electron chi connectivity index (χ3n) is 5.16. The van der Waals surface area contributed by atoms with Crippen molar-refractivity contribution in [3.05, 3.63) is 40.6 Å². The zero-order valence-electron chi connectivity index (χ0n) is 13.6. The summed E-state index contributed by atoms with van der Waals surface area (Å²) in [7, 11) is 1.88. The van der Waals surface area contributed by atoms with Gasteiger partial charge in [0.15, 0.2) is 0 Å². The number of hydrogen-bond donors (Lipinski definition) is 1. The SMILES string of the molecule is Cn1ccnc1C1(O)COC2(CCN(C(=O)c3cccs3)CC2)C1. The topological polar surface area (TPSA) is 67.6 Å². The Morgan fingerprint density at radius 2 is 2.21 bits per heavy atom. The van der Waals surface area contributed by atoms with E-state index in [9.17, 15) is 9.90 Å². The zero-order valence-corrected chi connectivity index (χ0v) is 14.5. The first kappa shape index (κ1) is 15.8. The molecule has 4 heterocycles. The third-order valence-corrected chi connectivity index (χ3v) is 6.02. The van der Waals surface area contributed by atoms with E-state index in [0.29, 0.717) is 25.3 Å². The fourth-order valence-corrected chi connectivity index (χ4v) is 4.55. The van der Waals surface area contributed by atoms with Crippen LogP contribution in [0.25, 0.3) is 0 Å². The maximum Gasteiger partial charge on any atom is 0.263 e. The maximum atomic E-state index is 12.5. The largest absolute Gasteiger partial charge is 0.379 e. The van der Waals surface area contributed by atoms with Crippen LogP contribution >= 0.6 is 11.3 Å². The maximum absolute atomic E-state index is 12.5. The van der Waals surface area contributed by atoms with E-state index in [2.05, 4.69) is 4.98 Å². The lowest BCUT2D eigenvalue weighted by molar-refractivity contribution is -0.0437. The van der Waals surface area contributed by atoms with E-state index in [0.717, 1.165) is 17.7 Å². The fraction of sp³-hybridized carbons (Fsp3) is 0.529. The first-order valence-corrected chi connectivity index (χ1v) is 9.06. The summed E-state index contributed by atoms with van der Waals surface area (Å²) in [6.07, 6.45) is 5.56. The molecule has 2 fully saturated rings. The molecule has 0 bridgehead atoms. The molecule has 2 aromatic rings. The van der Waals surface area contributed by atoms with Gasteiger partial charge in [0, 0.05) is 39.0 Å². The van der Waals surface area contributed by atoms with Crippen molar-refractivity contribution in [2.75, 3.05) is 19.7 Å². The first-order chi connectivity index (χ1) is 11.5. The van der Waals surface area contributed by atoms with Crippen molar-refractivity contribution in [2.45, 2.75) is 30.5 Å². The Kier molecular flexibility index (Phi) is 3.74. The lowest BCUT2D eigenvalue weighted by Gasteiger charge is -2.38. The molecule has 24 heavy (non-hydrogen) atoms. The van der Waals surface area contributed by atoms with E-state index in [1.165, 1.54) is 11.3 Å². The summed E-state index contributed by atoms with van der Waals surface area (Å²) in [5.41, 5.74) is -1.40. The van der Waals surface area contributed by atoms with Gasteiger partial charge in [-0.15, -0.1) is 11.3 Å². The monoisotopic (exact) mass is 347 g/mol. The Labute approximate surface area is 144 Å². The molecule has 2 aliphatic heterocycles. The number of amides is 1. The number of piperidine rings is 1. The van der Waals surface area contributed by atoms with E-state index in [1.807, 2.05) is 40.2 Å². The Morgan fingerprint density at radius 1 is 1.42 bits per heavy atom. The van der Waals surface area contributed by atoms with Crippen molar-refractivity contribution < 1.29 is 14.6 Å². The van der Waals surface area contributed by atoms with Crippen LogP contribution in [0.15, 0.2) is 29.9 Å². The summed E-state index contributed by atoms with van der Waals surface area (Å²) in [6.45, 7) is 1.58. The number of ether oxygens (including phenoxy) is 1. The number of carbonyl (C=O) groups is 1. The average molecular weight is 347 g/mol. The van der Waals surface area contributed by atoms with E-state index >= 15 is 0 Å². The lowest BCUT2D eigenvalue weighted by Crippen LogP contribution is -2.47. The van der Waals surface area contributed by atoms with Crippen molar-refractivity contribution in [2.24, 2.45) is 7.05 Å². The second-order valence-electron chi connectivity index (χ2n) is 6.81. The molecule has 2 saturated heterocycles. The summed E-state index contributed by atoms with van der Waals surface area (Å²) < 4.78 is 7.90. The first-order valence-electron chi connectivity index (χ1n) is 8.18. The molecular weight excluding hydrogens is 326 g/mol. The number of aryl methyl sites for hydroxylation is 1. The van der Waals surface area contributed by atoms with Crippen molar-refractivity contribution in [3.8, 4) is 0 Å². The van der Waals surface area contributed by atoms with Crippen LogP contribution in [0.2, 0.25) is 0 Å². The van der Waals surface area contributed by atoms with E-state index in [-0.39, 0.29) is 18.1 Å². The highest BCUT2D eigenvalue weighted by molar-refractivity contribution is 7.12. The minimum atomic E-state index is -1.04. The van der Waals surface area contributed by atoms with Gasteiger partial charge in [0.05, 0.1) is 17.1 Å². The molecule has 0 aliphatic carbocycles. The number of hydrogen-bond acceptors (Lipinski definition) is 5. The van der Waals surface area contributed by atoms with E-state index < -0.39 is 5.60 Å². The Hall–Kier alpha value is -1.70.